The van der Waals surface area contributed by atoms with Gasteiger partial charge in [-0.15, -0.1) is 0 Å². The minimum Gasteiger partial charge on any atom is -0.326 e. The first-order valence-electron chi connectivity index (χ1n) is 6.11. The Morgan fingerprint density at radius 1 is 1.26 bits per heavy atom. The number of carbonyl (C=O) groups is 1. The van der Waals surface area contributed by atoms with Crippen LogP contribution in [-0.2, 0) is 6.54 Å². The van der Waals surface area contributed by atoms with E-state index in [4.69, 9.17) is 5.73 Å². The summed E-state index contributed by atoms with van der Waals surface area (Å²) in [7, 11) is 1.76. The molecule has 19 heavy (non-hydrogen) atoms. The van der Waals surface area contributed by atoms with Gasteiger partial charge >= 0.3 is 0 Å². The molecule has 98 valence electrons. The van der Waals surface area contributed by atoms with E-state index in [1.54, 1.807) is 30.3 Å². The molecule has 0 atom stereocenters. The van der Waals surface area contributed by atoms with Gasteiger partial charge in [0.1, 0.15) is 0 Å². The number of hydrogen-bond donors (Lipinski definition) is 1. The van der Waals surface area contributed by atoms with Crippen molar-refractivity contribution in [2.24, 2.45) is 5.73 Å². The number of aryl methyl sites for hydroxylation is 1. The van der Waals surface area contributed by atoms with Crippen LogP contribution in [0, 0.1) is 6.92 Å². The Labute approximate surface area is 112 Å². The van der Waals surface area contributed by atoms with E-state index in [0.717, 1.165) is 16.9 Å². The summed E-state index contributed by atoms with van der Waals surface area (Å²) in [6, 6.07) is 11.2. The number of amides is 1. The van der Waals surface area contributed by atoms with Gasteiger partial charge in [-0.3, -0.25) is 9.78 Å². The second-order valence-corrected chi connectivity index (χ2v) is 4.42. The quantitative estimate of drug-likeness (QED) is 0.914. The zero-order valence-corrected chi connectivity index (χ0v) is 11.1. The lowest BCUT2D eigenvalue weighted by Gasteiger charge is -2.17. The molecule has 0 aliphatic rings. The Morgan fingerprint density at radius 2 is 1.95 bits per heavy atom. The predicted molar refractivity (Wildman–Crippen MR) is 76.0 cm³/mol. The molecule has 1 aromatic carbocycles. The lowest BCUT2D eigenvalue weighted by atomic mass is 10.1. The fourth-order valence-corrected chi connectivity index (χ4v) is 1.85. The highest BCUT2D eigenvalue weighted by atomic mass is 16.2. The van der Waals surface area contributed by atoms with E-state index >= 15 is 0 Å². The van der Waals surface area contributed by atoms with Crippen LogP contribution in [0.5, 0.6) is 0 Å². The van der Waals surface area contributed by atoms with E-state index in [1.165, 1.54) is 0 Å². The summed E-state index contributed by atoms with van der Waals surface area (Å²) in [6.45, 7) is 2.37. The molecule has 2 N–H and O–H groups in total. The molecule has 0 spiro atoms. The molecule has 0 saturated carbocycles. The van der Waals surface area contributed by atoms with Crippen LogP contribution in [0.3, 0.4) is 0 Å². The molecule has 2 aromatic rings. The van der Waals surface area contributed by atoms with Crippen molar-refractivity contribution in [1.82, 2.24) is 4.98 Å². The molecular formula is C15H17N3O. The van der Waals surface area contributed by atoms with Crippen LogP contribution in [-0.4, -0.2) is 17.9 Å². The van der Waals surface area contributed by atoms with Crippen molar-refractivity contribution in [3.8, 4) is 0 Å². The third-order valence-electron chi connectivity index (χ3n) is 3.01. The van der Waals surface area contributed by atoms with Gasteiger partial charge in [0.25, 0.3) is 5.91 Å². The van der Waals surface area contributed by atoms with Crippen molar-refractivity contribution in [1.29, 1.82) is 0 Å². The molecule has 0 bridgehead atoms. The molecule has 1 amide bonds. The van der Waals surface area contributed by atoms with Crippen molar-refractivity contribution >= 4 is 11.6 Å². The summed E-state index contributed by atoms with van der Waals surface area (Å²) in [5, 5.41) is 0. The van der Waals surface area contributed by atoms with Crippen LogP contribution in [0.25, 0.3) is 0 Å². The highest BCUT2D eigenvalue weighted by Gasteiger charge is 2.13. The third-order valence-corrected chi connectivity index (χ3v) is 3.01. The number of benzene rings is 1. The topological polar surface area (TPSA) is 59.2 Å². The van der Waals surface area contributed by atoms with Gasteiger partial charge < -0.3 is 10.6 Å². The predicted octanol–water partition coefficient (Wildman–Crippen LogP) is 2.13. The molecule has 0 aliphatic carbocycles. The van der Waals surface area contributed by atoms with Crippen molar-refractivity contribution in [2.45, 2.75) is 13.5 Å². The van der Waals surface area contributed by atoms with Gasteiger partial charge in [-0.05, 0) is 36.8 Å². The van der Waals surface area contributed by atoms with Crippen LogP contribution in [0.15, 0.2) is 42.6 Å². The molecule has 1 heterocycles. The molecule has 0 fully saturated rings. The van der Waals surface area contributed by atoms with E-state index in [0.29, 0.717) is 12.1 Å². The van der Waals surface area contributed by atoms with Gasteiger partial charge in [0.05, 0.1) is 0 Å². The van der Waals surface area contributed by atoms with Crippen molar-refractivity contribution in [3.63, 3.8) is 0 Å². The Bertz CT molecular complexity index is 578. The first-order chi connectivity index (χ1) is 9.11. The maximum atomic E-state index is 12.3. The zero-order chi connectivity index (χ0) is 13.8. The second-order valence-electron chi connectivity index (χ2n) is 4.42. The second kappa shape index (κ2) is 5.63. The van der Waals surface area contributed by atoms with Gasteiger partial charge in [0, 0.05) is 36.7 Å². The molecule has 1 aromatic heterocycles. The third kappa shape index (κ3) is 2.98. The molecule has 0 saturated heterocycles. The average molecular weight is 255 g/mol. The van der Waals surface area contributed by atoms with Crippen LogP contribution in [0.2, 0.25) is 0 Å². The molecule has 4 heteroatoms. The summed E-state index contributed by atoms with van der Waals surface area (Å²) in [6.07, 6.45) is 1.65. The van der Waals surface area contributed by atoms with Crippen LogP contribution >= 0.6 is 0 Å². The van der Waals surface area contributed by atoms with E-state index < -0.39 is 0 Å². The Balaban J connectivity index is 2.23. The lowest BCUT2D eigenvalue weighted by Crippen LogP contribution is -2.26. The van der Waals surface area contributed by atoms with Gasteiger partial charge in [-0.1, -0.05) is 12.1 Å². The van der Waals surface area contributed by atoms with E-state index in [9.17, 15) is 4.79 Å². The molecule has 0 unspecified atom stereocenters. The summed E-state index contributed by atoms with van der Waals surface area (Å²) < 4.78 is 0. The standard InChI is InChI=1S/C15H17N3O/c1-11-9-13(7-8-17-11)15(19)18(2)14-5-3-12(10-16)4-6-14/h3-9H,10,16H2,1-2H3. The summed E-state index contributed by atoms with van der Waals surface area (Å²) in [5.74, 6) is -0.0500. The smallest absolute Gasteiger partial charge is 0.258 e. The number of nitrogens with zero attached hydrogens (tertiary/aromatic N) is 2. The Hall–Kier alpha value is -2.20. The SMILES string of the molecule is Cc1cc(C(=O)N(C)c2ccc(CN)cc2)ccn1. The molecular weight excluding hydrogens is 238 g/mol. The minimum atomic E-state index is -0.0500. The average Bonchev–Trinajstić information content (AvgIpc) is 2.46. The van der Waals surface area contributed by atoms with Crippen LogP contribution < -0.4 is 10.6 Å². The normalized spacial score (nSPS) is 10.3. The van der Waals surface area contributed by atoms with Gasteiger partial charge in [-0.25, -0.2) is 0 Å². The zero-order valence-electron chi connectivity index (χ0n) is 11.1. The van der Waals surface area contributed by atoms with Crippen molar-refractivity contribution < 1.29 is 4.79 Å². The summed E-state index contributed by atoms with van der Waals surface area (Å²) in [5.41, 5.74) is 8.91. The van der Waals surface area contributed by atoms with E-state index in [2.05, 4.69) is 4.98 Å². The number of carbonyl (C=O) groups excluding carboxylic acids is 1. The first-order valence-corrected chi connectivity index (χ1v) is 6.11. The van der Waals surface area contributed by atoms with Crippen LogP contribution in [0.1, 0.15) is 21.6 Å². The number of aromatic nitrogens is 1. The van der Waals surface area contributed by atoms with Crippen molar-refractivity contribution in [2.75, 3.05) is 11.9 Å². The highest BCUT2D eigenvalue weighted by Crippen LogP contribution is 2.16. The highest BCUT2D eigenvalue weighted by molar-refractivity contribution is 6.05. The van der Waals surface area contributed by atoms with Gasteiger partial charge in [0.15, 0.2) is 0 Å². The molecule has 4 nitrogen and oxygen atoms in total. The monoisotopic (exact) mass is 255 g/mol. The Morgan fingerprint density at radius 3 is 2.53 bits per heavy atom. The number of hydrogen-bond acceptors (Lipinski definition) is 3. The van der Waals surface area contributed by atoms with E-state index in [-0.39, 0.29) is 5.91 Å². The van der Waals surface area contributed by atoms with Crippen LogP contribution in [0.4, 0.5) is 5.69 Å². The summed E-state index contributed by atoms with van der Waals surface area (Å²) >= 11 is 0. The number of nitrogens with two attached hydrogens (primary N) is 1. The molecule has 2 rings (SSSR count). The largest absolute Gasteiger partial charge is 0.326 e. The molecule has 0 aliphatic heterocycles. The number of anilines is 1. The minimum absolute atomic E-state index is 0.0500. The van der Waals surface area contributed by atoms with Crippen molar-refractivity contribution in [3.05, 3.63) is 59.4 Å². The summed E-state index contributed by atoms with van der Waals surface area (Å²) in [4.78, 5) is 18.0. The maximum Gasteiger partial charge on any atom is 0.258 e. The number of pyridine rings is 1. The Kier molecular flexibility index (Phi) is 3.92. The van der Waals surface area contributed by atoms with Gasteiger partial charge in [-0.2, -0.15) is 0 Å². The maximum absolute atomic E-state index is 12.3. The fourth-order valence-electron chi connectivity index (χ4n) is 1.85. The van der Waals surface area contributed by atoms with Gasteiger partial charge in [0.2, 0.25) is 0 Å². The lowest BCUT2D eigenvalue weighted by molar-refractivity contribution is 0.0993. The number of rotatable bonds is 3. The first kappa shape index (κ1) is 13.2. The fraction of sp³-hybridized carbons (Fsp3) is 0.200. The molecule has 0 radical (unpaired) electrons. The van der Waals surface area contributed by atoms with E-state index in [1.807, 2.05) is 31.2 Å².